The molecule has 0 saturated heterocycles. The summed E-state index contributed by atoms with van der Waals surface area (Å²) in [6.07, 6.45) is 10.3. The molecule has 0 aromatic heterocycles. The van der Waals surface area contributed by atoms with E-state index in [4.69, 9.17) is 0 Å². The van der Waals surface area contributed by atoms with E-state index in [0.717, 1.165) is 38.5 Å². The van der Waals surface area contributed by atoms with Gasteiger partial charge in [-0.3, -0.25) is 0 Å². The van der Waals surface area contributed by atoms with Crippen LogP contribution in [0.3, 0.4) is 0 Å². The van der Waals surface area contributed by atoms with E-state index in [2.05, 4.69) is 13.8 Å². The van der Waals surface area contributed by atoms with Crippen molar-refractivity contribution < 1.29 is 10.2 Å². The van der Waals surface area contributed by atoms with E-state index in [9.17, 15) is 10.2 Å². The molecule has 0 heterocycles. The second-order valence-corrected chi connectivity index (χ2v) is 5.14. The Bertz CT molecular complexity index is 225. The number of hydrogen-bond donors (Lipinski definition) is 2. The summed E-state index contributed by atoms with van der Waals surface area (Å²) in [7, 11) is 0. The summed E-state index contributed by atoms with van der Waals surface area (Å²) in [4.78, 5) is 0. The second-order valence-electron chi connectivity index (χ2n) is 5.14. The van der Waals surface area contributed by atoms with E-state index in [1.807, 2.05) is 12.2 Å². The van der Waals surface area contributed by atoms with Gasteiger partial charge in [0.25, 0.3) is 0 Å². The number of hydrogen-bond acceptors (Lipinski definition) is 2. The smallest absolute Gasteiger partial charge is 0.0852 e. The van der Waals surface area contributed by atoms with E-state index < -0.39 is 5.60 Å². The van der Waals surface area contributed by atoms with Crippen molar-refractivity contribution >= 4 is 0 Å². The quantitative estimate of drug-likeness (QED) is 0.683. The Hall–Kier alpha value is -0.340. The van der Waals surface area contributed by atoms with Gasteiger partial charge in [0.05, 0.1) is 11.7 Å². The van der Waals surface area contributed by atoms with Crippen molar-refractivity contribution in [2.75, 3.05) is 0 Å². The molecule has 0 fully saturated rings. The van der Waals surface area contributed by atoms with Crippen LogP contribution in [0.15, 0.2) is 12.2 Å². The lowest BCUT2D eigenvalue weighted by atomic mass is 9.78. The van der Waals surface area contributed by atoms with Crippen LogP contribution in [-0.2, 0) is 0 Å². The van der Waals surface area contributed by atoms with Gasteiger partial charge in [-0.2, -0.15) is 0 Å². The van der Waals surface area contributed by atoms with Crippen LogP contribution in [0, 0.1) is 5.92 Å². The molecule has 1 aliphatic rings. The summed E-state index contributed by atoms with van der Waals surface area (Å²) in [5.41, 5.74) is -0.752. The summed E-state index contributed by atoms with van der Waals surface area (Å²) in [5, 5.41) is 20.3. The lowest BCUT2D eigenvalue weighted by Gasteiger charge is -2.34. The molecule has 16 heavy (non-hydrogen) atoms. The molecule has 2 nitrogen and oxygen atoms in total. The number of aliphatic hydroxyl groups excluding tert-OH is 1. The summed E-state index contributed by atoms with van der Waals surface area (Å²) < 4.78 is 0. The Morgan fingerprint density at radius 1 is 1.25 bits per heavy atom. The molecule has 94 valence electrons. The molecule has 0 aromatic carbocycles. The molecule has 0 aromatic rings. The Morgan fingerprint density at radius 2 is 1.94 bits per heavy atom. The zero-order valence-electron chi connectivity index (χ0n) is 10.7. The number of rotatable bonds is 6. The van der Waals surface area contributed by atoms with Crippen LogP contribution in [0.2, 0.25) is 0 Å². The van der Waals surface area contributed by atoms with Gasteiger partial charge in [0.1, 0.15) is 0 Å². The van der Waals surface area contributed by atoms with E-state index in [-0.39, 0.29) is 12.0 Å². The molecule has 0 saturated carbocycles. The Morgan fingerprint density at radius 3 is 2.50 bits per heavy atom. The topological polar surface area (TPSA) is 40.5 Å². The first-order chi connectivity index (χ1) is 7.61. The van der Waals surface area contributed by atoms with Gasteiger partial charge < -0.3 is 10.2 Å². The minimum atomic E-state index is -0.752. The van der Waals surface area contributed by atoms with Crippen LogP contribution in [0.4, 0.5) is 0 Å². The SMILES string of the molecule is CCCC[C@H]1C=C[C@](O)(CCCC)C[C@H]1O. The fourth-order valence-corrected chi connectivity index (χ4v) is 2.41. The van der Waals surface area contributed by atoms with Crippen LogP contribution in [-0.4, -0.2) is 21.9 Å². The van der Waals surface area contributed by atoms with E-state index in [0.29, 0.717) is 6.42 Å². The highest BCUT2D eigenvalue weighted by atomic mass is 16.3. The molecule has 0 aliphatic heterocycles. The third-order valence-corrected chi connectivity index (χ3v) is 3.56. The van der Waals surface area contributed by atoms with Gasteiger partial charge in [-0.1, -0.05) is 51.7 Å². The summed E-state index contributed by atoms with van der Waals surface area (Å²) in [6.45, 7) is 4.28. The molecule has 0 spiro atoms. The minimum Gasteiger partial charge on any atom is -0.392 e. The summed E-state index contributed by atoms with van der Waals surface area (Å²) in [6, 6.07) is 0. The first kappa shape index (κ1) is 13.7. The first-order valence-corrected chi connectivity index (χ1v) is 6.71. The third kappa shape index (κ3) is 3.91. The predicted octanol–water partition coefficient (Wildman–Crippen LogP) is 3.03. The molecule has 0 radical (unpaired) electrons. The molecule has 1 aliphatic carbocycles. The predicted molar refractivity (Wildman–Crippen MR) is 67.3 cm³/mol. The largest absolute Gasteiger partial charge is 0.392 e. The molecular formula is C14H26O2. The van der Waals surface area contributed by atoms with Crippen molar-refractivity contribution in [3.05, 3.63) is 12.2 Å². The number of aliphatic hydroxyl groups is 2. The molecular weight excluding hydrogens is 200 g/mol. The van der Waals surface area contributed by atoms with Crippen molar-refractivity contribution in [1.82, 2.24) is 0 Å². The van der Waals surface area contributed by atoms with Gasteiger partial charge in [-0.25, -0.2) is 0 Å². The van der Waals surface area contributed by atoms with Crippen molar-refractivity contribution in [1.29, 1.82) is 0 Å². The van der Waals surface area contributed by atoms with E-state index in [1.165, 1.54) is 0 Å². The van der Waals surface area contributed by atoms with Crippen LogP contribution >= 0.6 is 0 Å². The fourth-order valence-electron chi connectivity index (χ4n) is 2.41. The third-order valence-electron chi connectivity index (χ3n) is 3.56. The minimum absolute atomic E-state index is 0.252. The van der Waals surface area contributed by atoms with Gasteiger partial charge in [-0.05, 0) is 12.8 Å². The summed E-state index contributed by atoms with van der Waals surface area (Å²) >= 11 is 0. The summed E-state index contributed by atoms with van der Waals surface area (Å²) in [5.74, 6) is 0.252. The van der Waals surface area contributed by atoms with Gasteiger partial charge in [0.15, 0.2) is 0 Å². The standard InChI is InChI=1S/C14H26O2/c1-3-5-7-12-8-10-14(16,9-6-4-2)11-13(12)15/h8,10,12-13,15-16H,3-7,9,11H2,1-2H3/t12-,13+,14+/m0/s1. The Labute approximate surface area is 99.4 Å². The molecule has 2 N–H and O–H groups in total. The van der Waals surface area contributed by atoms with Crippen molar-refractivity contribution in [3.63, 3.8) is 0 Å². The van der Waals surface area contributed by atoms with Crippen LogP contribution in [0.5, 0.6) is 0 Å². The van der Waals surface area contributed by atoms with Gasteiger partial charge in [-0.15, -0.1) is 0 Å². The van der Waals surface area contributed by atoms with E-state index >= 15 is 0 Å². The van der Waals surface area contributed by atoms with Gasteiger partial charge in [0, 0.05) is 12.3 Å². The van der Waals surface area contributed by atoms with E-state index in [1.54, 1.807) is 0 Å². The Balaban J connectivity index is 2.50. The van der Waals surface area contributed by atoms with Gasteiger partial charge in [0.2, 0.25) is 0 Å². The van der Waals surface area contributed by atoms with Crippen molar-refractivity contribution in [2.45, 2.75) is 70.5 Å². The zero-order chi connectivity index (χ0) is 12.0. The highest BCUT2D eigenvalue weighted by molar-refractivity contribution is 5.10. The number of unbranched alkanes of at least 4 members (excludes halogenated alkanes) is 2. The molecule has 1 rings (SSSR count). The monoisotopic (exact) mass is 226 g/mol. The molecule has 0 unspecified atom stereocenters. The van der Waals surface area contributed by atoms with Crippen LogP contribution in [0.1, 0.15) is 58.8 Å². The van der Waals surface area contributed by atoms with Gasteiger partial charge >= 0.3 is 0 Å². The fraction of sp³-hybridized carbons (Fsp3) is 0.857. The molecule has 0 amide bonds. The first-order valence-electron chi connectivity index (χ1n) is 6.71. The second kappa shape index (κ2) is 6.41. The average Bonchev–Trinajstić information content (AvgIpc) is 2.26. The van der Waals surface area contributed by atoms with Crippen molar-refractivity contribution in [3.8, 4) is 0 Å². The zero-order valence-corrected chi connectivity index (χ0v) is 10.7. The highest BCUT2D eigenvalue weighted by Gasteiger charge is 2.33. The van der Waals surface area contributed by atoms with Crippen LogP contribution < -0.4 is 0 Å². The normalized spacial score (nSPS) is 34.2. The average molecular weight is 226 g/mol. The lowest BCUT2D eigenvalue weighted by Crippen LogP contribution is -2.38. The molecule has 3 atom stereocenters. The molecule has 2 heteroatoms. The molecule has 0 bridgehead atoms. The van der Waals surface area contributed by atoms with Crippen molar-refractivity contribution in [2.24, 2.45) is 5.92 Å². The van der Waals surface area contributed by atoms with Crippen LogP contribution in [0.25, 0.3) is 0 Å². The Kier molecular flexibility index (Phi) is 5.50. The maximum absolute atomic E-state index is 10.3. The maximum atomic E-state index is 10.3. The maximum Gasteiger partial charge on any atom is 0.0852 e. The highest BCUT2D eigenvalue weighted by Crippen LogP contribution is 2.32. The lowest BCUT2D eigenvalue weighted by molar-refractivity contribution is -0.00808.